The van der Waals surface area contributed by atoms with Crippen molar-refractivity contribution < 1.29 is 13.9 Å². The largest absolute Gasteiger partial charge is 0.438 e. The van der Waals surface area contributed by atoms with E-state index in [-0.39, 0.29) is 11.9 Å². The fraction of sp³-hybridized carbons (Fsp3) is 0.357. The van der Waals surface area contributed by atoms with Gasteiger partial charge in [-0.25, -0.2) is 9.37 Å². The van der Waals surface area contributed by atoms with Gasteiger partial charge in [0.15, 0.2) is 0 Å². The highest BCUT2D eigenvalue weighted by Gasteiger charge is 2.20. The van der Waals surface area contributed by atoms with Crippen molar-refractivity contribution >= 4 is 11.3 Å². The molecule has 1 aromatic heterocycles. The molecule has 6 heteroatoms. The molecule has 0 bridgehead atoms. The zero-order valence-electron chi connectivity index (χ0n) is 11.1. The molecule has 1 saturated heterocycles. The lowest BCUT2D eigenvalue weighted by atomic mass is 10.1. The third kappa shape index (κ3) is 2.98. The molecule has 0 radical (unpaired) electrons. The molecule has 2 heterocycles. The van der Waals surface area contributed by atoms with Crippen molar-refractivity contribution in [3.63, 3.8) is 0 Å². The third-order valence-electron chi connectivity index (χ3n) is 3.06. The summed E-state index contributed by atoms with van der Waals surface area (Å²) in [7, 11) is 0. The van der Waals surface area contributed by atoms with E-state index in [1.165, 1.54) is 17.4 Å². The molecule has 0 saturated carbocycles. The SMILES string of the molecule is Cc1nc(Oc2ccc(F)c([C@@H]3CNCCO3)c2)cs1. The maximum atomic E-state index is 13.9. The quantitative estimate of drug-likeness (QED) is 0.945. The molecule has 1 aliphatic rings. The molecule has 1 N–H and O–H groups in total. The smallest absolute Gasteiger partial charge is 0.230 e. The van der Waals surface area contributed by atoms with Crippen LogP contribution in [0.15, 0.2) is 23.6 Å². The van der Waals surface area contributed by atoms with Gasteiger partial charge in [0, 0.05) is 18.7 Å². The first-order valence-corrected chi connectivity index (χ1v) is 7.32. The Kier molecular flexibility index (Phi) is 3.95. The molecule has 1 fully saturated rings. The summed E-state index contributed by atoms with van der Waals surface area (Å²) in [5.41, 5.74) is 0.515. The standard InChI is InChI=1S/C14H15FN2O2S/c1-9-17-14(8-20-9)19-10-2-3-12(15)11(6-10)13-7-16-4-5-18-13/h2-3,6,8,13,16H,4-5,7H2,1H3/t13-/m0/s1. The molecule has 2 aromatic rings. The number of halogens is 1. The van der Waals surface area contributed by atoms with E-state index in [9.17, 15) is 4.39 Å². The fourth-order valence-electron chi connectivity index (χ4n) is 2.11. The van der Waals surface area contributed by atoms with Gasteiger partial charge in [0.25, 0.3) is 0 Å². The Morgan fingerprint density at radius 2 is 2.40 bits per heavy atom. The predicted octanol–water partition coefficient (Wildman–Crippen LogP) is 3.04. The number of morpholine rings is 1. The number of nitrogens with zero attached hydrogens (tertiary/aromatic N) is 1. The van der Waals surface area contributed by atoms with Crippen molar-refractivity contribution in [2.75, 3.05) is 19.7 Å². The van der Waals surface area contributed by atoms with Gasteiger partial charge in [-0.3, -0.25) is 0 Å². The Labute approximate surface area is 120 Å². The highest BCUT2D eigenvalue weighted by molar-refractivity contribution is 7.09. The van der Waals surface area contributed by atoms with Crippen LogP contribution in [0.25, 0.3) is 0 Å². The summed E-state index contributed by atoms with van der Waals surface area (Å²) in [6.07, 6.45) is -0.274. The van der Waals surface area contributed by atoms with Gasteiger partial charge in [0.2, 0.25) is 5.88 Å². The number of hydrogen-bond acceptors (Lipinski definition) is 5. The van der Waals surface area contributed by atoms with E-state index in [0.717, 1.165) is 11.6 Å². The van der Waals surface area contributed by atoms with Crippen molar-refractivity contribution in [3.05, 3.63) is 40.0 Å². The minimum absolute atomic E-state index is 0.274. The number of rotatable bonds is 3. The first-order chi connectivity index (χ1) is 9.72. The highest BCUT2D eigenvalue weighted by atomic mass is 32.1. The summed E-state index contributed by atoms with van der Waals surface area (Å²) in [4.78, 5) is 4.23. The van der Waals surface area contributed by atoms with Crippen molar-refractivity contribution in [2.45, 2.75) is 13.0 Å². The number of aromatic nitrogens is 1. The van der Waals surface area contributed by atoms with Gasteiger partial charge in [-0.2, -0.15) is 0 Å². The van der Waals surface area contributed by atoms with Gasteiger partial charge in [-0.1, -0.05) is 0 Å². The third-order valence-corrected chi connectivity index (χ3v) is 3.81. The number of hydrogen-bond donors (Lipinski definition) is 1. The zero-order chi connectivity index (χ0) is 13.9. The minimum atomic E-state index is -0.277. The van der Waals surface area contributed by atoms with Gasteiger partial charge < -0.3 is 14.8 Å². The lowest BCUT2D eigenvalue weighted by Crippen LogP contribution is -2.33. The van der Waals surface area contributed by atoms with Crippen LogP contribution in [0, 0.1) is 12.7 Å². The summed E-state index contributed by atoms with van der Waals surface area (Å²) >= 11 is 1.51. The predicted molar refractivity (Wildman–Crippen MR) is 74.9 cm³/mol. The highest BCUT2D eigenvalue weighted by Crippen LogP contribution is 2.29. The van der Waals surface area contributed by atoms with E-state index >= 15 is 0 Å². The minimum Gasteiger partial charge on any atom is -0.438 e. The summed E-state index contributed by atoms with van der Waals surface area (Å²) in [5, 5.41) is 5.95. The van der Waals surface area contributed by atoms with Crippen LogP contribution in [0.2, 0.25) is 0 Å². The van der Waals surface area contributed by atoms with Crippen LogP contribution in [0.4, 0.5) is 4.39 Å². The molecule has 4 nitrogen and oxygen atoms in total. The Morgan fingerprint density at radius 1 is 1.50 bits per heavy atom. The van der Waals surface area contributed by atoms with Crippen LogP contribution in [-0.2, 0) is 4.74 Å². The average molecular weight is 294 g/mol. The van der Waals surface area contributed by atoms with E-state index in [2.05, 4.69) is 10.3 Å². The summed E-state index contributed by atoms with van der Waals surface area (Å²) in [6.45, 7) is 3.90. The molecule has 0 spiro atoms. The molecule has 0 amide bonds. The van der Waals surface area contributed by atoms with E-state index in [1.54, 1.807) is 12.1 Å². The molecule has 1 atom stereocenters. The molecular formula is C14H15FN2O2S. The number of thiazole rings is 1. The van der Waals surface area contributed by atoms with Crippen LogP contribution in [-0.4, -0.2) is 24.7 Å². The Morgan fingerprint density at radius 3 is 3.10 bits per heavy atom. The number of benzene rings is 1. The molecule has 106 valence electrons. The second-order valence-electron chi connectivity index (χ2n) is 4.55. The first-order valence-electron chi connectivity index (χ1n) is 6.44. The topological polar surface area (TPSA) is 43.4 Å². The average Bonchev–Trinajstić information content (AvgIpc) is 2.87. The van der Waals surface area contributed by atoms with Gasteiger partial charge in [-0.05, 0) is 25.1 Å². The first kappa shape index (κ1) is 13.5. The van der Waals surface area contributed by atoms with Crippen LogP contribution >= 0.6 is 11.3 Å². The Bertz CT molecular complexity index is 597. The van der Waals surface area contributed by atoms with Gasteiger partial charge in [0.05, 0.1) is 23.1 Å². The maximum Gasteiger partial charge on any atom is 0.230 e. The second-order valence-corrected chi connectivity index (χ2v) is 5.62. The number of ether oxygens (including phenoxy) is 2. The molecule has 1 aromatic carbocycles. The van der Waals surface area contributed by atoms with Gasteiger partial charge >= 0.3 is 0 Å². The van der Waals surface area contributed by atoms with E-state index in [0.29, 0.717) is 30.3 Å². The van der Waals surface area contributed by atoms with E-state index in [1.807, 2.05) is 12.3 Å². The summed E-state index contributed by atoms with van der Waals surface area (Å²) in [5.74, 6) is 0.828. The molecule has 0 aliphatic carbocycles. The van der Waals surface area contributed by atoms with Gasteiger partial charge in [0.1, 0.15) is 11.6 Å². The molecule has 0 unspecified atom stereocenters. The van der Waals surface area contributed by atoms with Crippen molar-refractivity contribution in [1.82, 2.24) is 10.3 Å². The second kappa shape index (κ2) is 5.87. The fourth-order valence-corrected chi connectivity index (χ4v) is 2.62. The van der Waals surface area contributed by atoms with Gasteiger partial charge in [-0.15, -0.1) is 11.3 Å². The molecular weight excluding hydrogens is 279 g/mol. The maximum absolute atomic E-state index is 13.9. The van der Waals surface area contributed by atoms with Crippen LogP contribution < -0.4 is 10.1 Å². The molecule has 1 aliphatic heterocycles. The molecule has 3 rings (SSSR count). The van der Waals surface area contributed by atoms with E-state index in [4.69, 9.17) is 9.47 Å². The van der Waals surface area contributed by atoms with E-state index < -0.39 is 0 Å². The van der Waals surface area contributed by atoms with Crippen molar-refractivity contribution in [2.24, 2.45) is 0 Å². The van der Waals surface area contributed by atoms with Crippen LogP contribution in [0.5, 0.6) is 11.6 Å². The monoisotopic (exact) mass is 294 g/mol. The Hall–Kier alpha value is -1.50. The summed E-state index contributed by atoms with van der Waals surface area (Å²) in [6, 6.07) is 4.69. The van der Waals surface area contributed by atoms with Crippen molar-refractivity contribution in [3.8, 4) is 11.6 Å². The van der Waals surface area contributed by atoms with Crippen molar-refractivity contribution in [1.29, 1.82) is 0 Å². The zero-order valence-corrected chi connectivity index (χ0v) is 11.9. The Balaban J connectivity index is 1.82. The number of aryl methyl sites for hydroxylation is 1. The lowest BCUT2D eigenvalue weighted by molar-refractivity contribution is 0.0254. The number of nitrogens with one attached hydrogen (secondary N) is 1. The molecule has 20 heavy (non-hydrogen) atoms. The normalized spacial score (nSPS) is 19.0. The van der Waals surface area contributed by atoms with Crippen LogP contribution in [0.3, 0.4) is 0 Å². The van der Waals surface area contributed by atoms with Crippen LogP contribution in [0.1, 0.15) is 16.7 Å². The lowest BCUT2D eigenvalue weighted by Gasteiger charge is -2.24. The summed E-state index contributed by atoms with van der Waals surface area (Å²) < 4.78 is 25.1.